The zero-order valence-corrected chi connectivity index (χ0v) is 17.0. The summed E-state index contributed by atoms with van der Waals surface area (Å²) in [5.41, 5.74) is 0.911. The molecule has 0 atom stereocenters. The summed E-state index contributed by atoms with van der Waals surface area (Å²) >= 11 is 6.21. The molecule has 0 saturated carbocycles. The lowest BCUT2D eigenvalue weighted by atomic mass is 10.3. The van der Waals surface area contributed by atoms with Gasteiger partial charge in [0.25, 0.3) is 0 Å². The molecule has 2 aromatic carbocycles. The zero-order chi connectivity index (χ0) is 17.7. The Balaban J connectivity index is 1.55. The molecule has 3 aromatic rings. The molecule has 0 amide bonds. The van der Waals surface area contributed by atoms with Crippen LogP contribution >= 0.6 is 39.0 Å². The molecule has 0 aliphatic heterocycles. The third kappa shape index (κ3) is 5.27. The van der Waals surface area contributed by atoms with E-state index < -0.39 is 9.84 Å². The molecule has 0 fully saturated rings. The Bertz CT molecular complexity index is 946. The van der Waals surface area contributed by atoms with Gasteiger partial charge in [-0.15, -0.1) is 10.2 Å². The van der Waals surface area contributed by atoms with Crippen LogP contribution in [0.5, 0.6) is 0 Å². The number of benzene rings is 2. The summed E-state index contributed by atoms with van der Waals surface area (Å²) in [5.74, 6) is 0.498. The smallest absolute Gasteiger partial charge is 0.210 e. The molecule has 1 aromatic heterocycles. The van der Waals surface area contributed by atoms with Gasteiger partial charge in [0, 0.05) is 15.9 Å². The van der Waals surface area contributed by atoms with Gasteiger partial charge in [-0.25, -0.2) is 8.42 Å². The molecular weight excluding hydrogens is 442 g/mol. The second-order valence-corrected chi connectivity index (χ2v) is 10.3. The molecule has 1 heterocycles. The van der Waals surface area contributed by atoms with Crippen molar-refractivity contribution in [2.24, 2.45) is 0 Å². The minimum Gasteiger partial charge on any atom is -0.330 e. The summed E-state index contributed by atoms with van der Waals surface area (Å²) in [6.45, 7) is 0. The number of nitrogens with zero attached hydrogens (tertiary/aromatic N) is 2. The first-order valence-corrected chi connectivity index (χ1v) is 11.5. The van der Waals surface area contributed by atoms with E-state index in [1.165, 1.54) is 23.1 Å². The van der Waals surface area contributed by atoms with Crippen LogP contribution in [0.4, 0.5) is 10.8 Å². The van der Waals surface area contributed by atoms with Crippen LogP contribution in [0.3, 0.4) is 0 Å². The minimum absolute atomic E-state index is 0.0651. The van der Waals surface area contributed by atoms with E-state index in [9.17, 15) is 8.42 Å². The Hall–Kier alpha value is -1.42. The number of aromatic nitrogens is 2. The van der Waals surface area contributed by atoms with Crippen LogP contribution in [0, 0.1) is 0 Å². The second-order valence-electron chi connectivity index (χ2n) is 4.99. The normalized spacial score (nSPS) is 11.4. The van der Waals surface area contributed by atoms with Crippen molar-refractivity contribution in [3.8, 4) is 0 Å². The Kier molecular flexibility index (Phi) is 6.10. The predicted molar refractivity (Wildman–Crippen MR) is 107 cm³/mol. The van der Waals surface area contributed by atoms with Crippen LogP contribution in [0.15, 0.2) is 68.3 Å². The molecule has 3 rings (SSSR count). The highest BCUT2D eigenvalue weighted by Crippen LogP contribution is 2.28. The number of rotatable bonds is 7. The van der Waals surface area contributed by atoms with E-state index in [1.807, 2.05) is 24.3 Å². The average molecular weight is 456 g/mol. The molecule has 1 N–H and O–H groups in total. The monoisotopic (exact) mass is 455 g/mol. The first-order chi connectivity index (χ1) is 12.0. The Morgan fingerprint density at radius 1 is 1.08 bits per heavy atom. The minimum atomic E-state index is -3.26. The molecule has 0 spiro atoms. The van der Waals surface area contributed by atoms with E-state index in [4.69, 9.17) is 0 Å². The highest BCUT2D eigenvalue weighted by Gasteiger charge is 2.14. The molecular formula is C16H14BrN3O2S3. The molecule has 9 heteroatoms. The molecule has 0 bridgehead atoms. The standard InChI is InChI=1S/C16H14BrN3O2S3/c17-12-5-4-6-13(11-12)18-15-19-20-16(24-15)23-9-10-25(21,22)14-7-2-1-3-8-14/h1-8,11H,9-10H2,(H,18,19). The van der Waals surface area contributed by atoms with Crippen molar-refractivity contribution in [2.45, 2.75) is 9.24 Å². The van der Waals surface area contributed by atoms with Gasteiger partial charge in [0.15, 0.2) is 14.2 Å². The van der Waals surface area contributed by atoms with Gasteiger partial charge in [-0.1, -0.05) is 63.3 Å². The van der Waals surface area contributed by atoms with Crippen LogP contribution in [0.2, 0.25) is 0 Å². The molecule has 0 unspecified atom stereocenters. The van der Waals surface area contributed by atoms with Gasteiger partial charge in [-0.3, -0.25) is 0 Å². The van der Waals surface area contributed by atoms with Gasteiger partial charge in [0.1, 0.15) is 0 Å². The van der Waals surface area contributed by atoms with Crippen molar-refractivity contribution in [1.29, 1.82) is 0 Å². The van der Waals surface area contributed by atoms with E-state index in [0.29, 0.717) is 15.8 Å². The highest BCUT2D eigenvalue weighted by molar-refractivity contribution is 9.10. The van der Waals surface area contributed by atoms with Crippen LogP contribution in [0.1, 0.15) is 0 Å². The van der Waals surface area contributed by atoms with Crippen LogP contribution in [-0.4, -0.2) is 30.1 Å². The first-order valence-electron chi connectivity index (χ1n) is 7.30. The number of halogens is 1. The largest absolute Gasteiger partial charge is 0.330 e. The summed E-state index contributed by atoms with van der Waals surface area (Å²) in [6, 6.07) is 16.2. The molecule has 0 aliphatic rings. The van der Waals surface area contributed by atoms with Gasteiger partial charge in [-0.2, -0.15) is 0 Å². The molecule has 0 aliphatic carbocycles. The summed E-state index contributed by atoms with van der Waals surface area (Å²) in [6.07, 6.45) is 0. The van der Waals surface area contributed by atoms with Gasteiger partial charge in [0.2, 0.25) is 5.13 Å². The van der Waals surface area contributed by atoms with Crippen LogP contribution in [-0.2, 0) is 9.84 Å². The van der Waals surface area contributed by atoms with E-state index in [-0.39, 0.29) is 5.75 Å². The number of thioether (sulfide) groups is 1. The second kappa shape index (κ2) is 8.31. The van der Waals surface area contributed by atoms with Gasteiger partial charge < -0.3 is 5.32 Å². The lowest BCUT2D eigenvalue weighted by Crippen LogP contribution is -2.08. The lowest BCUT2D eigenvalue weighted by molar-refractivity contribution is 0.597. The van der Waals surface area contributed by atoms with Gasteiger partial charge in [0.05, 0.1) is 10.6 Å². The van der Waals surface area contributed by atoms with E-state index in [2.05, 4.69) is 31.4 Å². The van der Waals surface area contributed by atoms with Crippen molar-refractivity contribution in [3.63, 3.8) is 0 Å². The fourth-order valence-corrected chi connectivity index (χ4v) is 5.90. The lowest BCUT2D eigenvalue weighted by Gasteiger charge is -2.02. The number of hydrogen-bond acceptors (Lipinski definition) is 7. The predicted octanol–water partition coefficient (Wildman–Crippen LogP) is 4.61. The fourth-order valence-electron chi connectivity index (χ4n) is 1.99. The fraction of sp³-hybridized carbons (Fsp3) is 0.125. The van der Waals surface area contributed by atoms with Crippen LogP contribution in [0.25, 0.3) is 0 Å². The van der Waals surface area contributed by atoms with E-state index >= 15 is 0 Å². The quantitative estimate of drug-likeness (QED) is 0.524. The van der Waals surface area contributed by atoms with Crippen molar-refractivity contribution in [3.05, 3.63) is 59.1 Å². The third-order valence-corrected chi connectivity index (χ3v) is 7.62. The Morgan fingerprint density at radius 2 is 1.88 bits per heavy atom. The Labute approximate surface area is 162 Å². The summed E-state index contributed by atoms with van der Waals surface area (Å²) in [4.78, 5) is 0.352. The molecule has 25 heavy (non-hydrogen) atoms. The summed E-state index contributed by atoms with van der Waals surface area (Å²) < 4.78 is 26.2. The van der Waals surface area contributed by atoms with Crippen molar-refractivity contribution >= 4 is 59.7 Å². The zero-order valence-electron chi connectivity index (χ0n) is 12.9. The van der Waals surface area contributed by atoms with Crippen molar-refractivity contribution in [2.75, 3.05) is 16.8 Å². The maximum Gasteiger partial charge on any atom is 0.210 e. The molecule has 0 radical (unpaired) electrons. The Morgan fingerprint density at radius 3 is 2.64 bits per heavy atom. The highest BCUT2D eigenvalue weighted by atomic mass is 79.9. The molecule has 0 saturated heterocycles. The van der Waals surface area contributed by atoms with Crippen molar-refractivity contribution in [1.82, 2.24) is 10.2 Å². The van der Waals surface area contributed by atoms with Gasteiger partial charge in [-0.05, 0) is 30.3 Å². The number of nitrogens with one attached hydrogen (secondary N) is 1. The number of sulfone groups is 1. The topological polar surface area (TPSA) is 72.0 Å². The maximum atomic E-state index is 12.2. The van der Waals surface area contributed by atoms with Gasteiger partial charge >= 0.3 is 0 Å². The summed E-state index contributed by atoms with van der Waals surface area (Å²) in [7, 11) is -3.26. The molecule has 130 valence electrons. The van der Waals surface area contributed by atoms with E-state index in [0.717, 1.165) is 14.5 Å². The number of hydrogen-bond donors (Lipinski definition) is 1. The third-order valence-electron chi connectivity index (χ3n) is 3.16. The maximum absolute atomic E-state index is 12.2. The summed E-state index contributed by atoms with van der Waals surface area (Å²) in [5, 5.41) is 12.0. The SMILES string of the molecule is O=S(=O)(CCSc1nnc(Nc2cccc(Br)c2)s1)c1ccccc1. The average Bonchev–Trinajstić information content (AvgIpc) is 3.03. The number of anilines is 2. The van der Waals surface area contributed by atoms with E-state index in [1.54, 1.807) is 30.3 Å². The molecule has 5 nitrogen and oxygen atoms in total. The van der Waals surface area contributed by atoms with Crippen molar-refractivity contribution < 1.29 is 8.42 Å². The first kappa shape index (κ1) is 18.4. The van der Waals surface area contributed by atoms with Crippen LogP contribution < -0.4 is 5.32 Å².